The van der Waals surface area contributed by atoms with Gasteiger partial charge in [0.05, 0.1) is 11.9 Å². The summed E-state index contributed by atoms with van der Waals surface area (Å²) in [5, 5.41) is 0. The summed E-state index contributed by atoms with van der Waals surface area (Å²) in [6.07, 6.45) is 4.59. The van der Waals surface area contributed by atoms with Gasteiger partial charge >= 0.3 is 0 Å². The number of hydrogen-bond acceptors (Lipinski definition) is 6. The van der Waals surface area contributed by atoms with Crippen molar-refractivity contribution in [3.05, 3.63) is 24.8 Å². The van der Waals surface area contributed by atoms with Gasteiger partial charge in [-0.3, -0.25) is 4.98 Å². The third-order valence-electron chi connectivity index (χ3n) is 2.42. The molecule has 3 heterocycles. The highest BCUT2D eigenvalue weighted by atomic mass is 15.0. The second-order valence-corrected chi connectivity index (χ2v) is 3.51. The van der Waals surface area contributed by atoms with Crippen LogP contribution in [0.2, 0.25) is 0 Å². The lowest BCUT2D eigenvalue weighted by molar-refractivity contribution is 1.21. The zero-order valence-corrected chi connectivity index (χ0v) is 8.75. The number of pyridine rings is 1. The van der Waals surface area contributed by atoms with Gasteiger partial charge in [-0.1, -0.05) is 0 Å². The lowest BCUT2D eigenvalue weighted by Gasteiger charge is -1.99. The van der Waals surface area contributed by atoms with E-state index < -0.39 is 0 Å². The molecule has 0 aliphatic heterocycles. The molecule has 0 bridgehead atoms. The third kappa shape index (κ3) is 1.44. The molecule has 0 spiro atoms. The number of nitrogens with one attached hydrogen (secondary N) is 1. The van der Waals surface area contributed by atoms with E-state index in [-0.39, 0.29) is 0 Å². The maximum atomic E-state index is 5.82. The summed E-state index contributed by atoms with van der Waals surface area (Å²) < 4.78 is 0. The van der Waals surface area contributed by atoms with E-state index in [0.717, 1.165) is 5.56 Å². The highest BCUT2D eigenvalue weighted by Crippen LogP contribution is 2.24. The number of rotatable bonds is 1. The minimum atomic E-state index is 0.362. The lowest BCUT2D eigenvalue weighted by Crippen LogP contribution is -1.92. The van der Waals surface area contributed by atoms with E-state index in [0.29, 0.717) is 28.5 Å². The molecule has 7 nitrogen and oxygen atoms in total. The molecule has 7 heteroatoms. The molecule has 0 fully saturated rings. The molecule has 0 saturated heterocycles. The van der Waals surface area contributed by atoms with E-state index in [2.05, 4.69) is 24.9 Å². The fourth-order valence-electron chi connectivity index (χ4n) is 1.60. The summed E-state index contributed by atoms with van der Waals surface area (Å²) in [5.74, 6) is 0.966. The van der Waals surface area contributed by atoms with Gasteiger partial charge in [-0.15, -0.1) is 0 Å². The summed E-state index contributed by atoms with van der Waals surface area (Å²) in [6, 6.07) is 1.77. The van der Waals surface area contributed by atoms with Crippen LogP contribution < -0.4 is 11.5 Å². The Morgan fingerprint density at radius 3 is 2.82 bits per heavy atom. The molecule has 0 aliphatic carbocycles. The van der Waals surface area contributed by atoms with Crippen LogP contribution in [0.5, 0.6) is 0 Å². The van der Waals surface area contributed by atoms with Crippen molar-refractivity contribution in [2.75, 3.05) is 11.5 Å². The average molecular weight is 227 g/mol. The molecule has 0 amide bonds. The minimum Gasteiger partial charge on any atom is -0.397 e. The molecule has 3 rings (SSSR count). The topological polar surface area (TPSA) is 119 Å². The van der Waals surface area contributed by atoms with Crippen LogP contribution in [0.1, 0.15) is 0 Å². The second-order valence-electron chi connectivity index (χ2n) is 3.51. The molecule has 84 valence electrons. The summed E-state index contributed by atoms with van der Waals surface area (Å²) in [6.45, 7) is 0. The van der Waals surface area contributed by atoms with Gasteiger partial charge in [-0.2, -0.15) is 0 Å². The maximum Gasteiger partial charge on any atom is 0.183 e. The fraction of sp³-hybridized carbons (Fsp3) is 0. The van der Waals surface area contributed by atoms with Gasteiger partial charge in [0.15, 0.2) is 11.5 Å². The molecule has 5 N–H and O–H groups in total. The molecule has 0 aromatic carbocycles. The number of aromatic amines is 1. The monoisotopic (exact) mass is 227 g/mol. The van der Waals surface area contributed by atoms with Gasteiger partial charge in [0.1, 0.15) is 17.7 Å². The number of imidazole rings is 1. The first-order valence-corrected chi connectivity index (χ1v) is 4.92. The van der Waals surface area contributed by atoms with Crippen molar-refractivity contribution < 1.29 is 0 Å². The quantitative estimate of drug-likeness (QED) is 0.559. The molecule has 3 aromatic heterocycles. The molecular weight excluding hydrogens is 218 g/mol. The van der Waals surface area contributed by atoms with E-state index in [1.807, 2.05) is 0 Å². The SMILES string of the molecule is Nc1cnccc1-c1nc2ncnc(N)c2[nH]1. The van der Waals surface area contributed by atoms with Crippen molar-refractivity contribution in [3.63, 3.8) is 0 Å². The van der Waals surface area contributed by atoms with Crippen molar-refractivity contribution in [3.8, 4) is 11.4 Å². The number of nitrogens with zero attached hydrogens (tertiary/aromatic N) is 4. The molecule has 0 atom stereocenters. The molecule has 0 aliphatic rings. The van der Waals surface area contributed by atoms with Crippen LogP contribution in [-0.2, 0) is 0 Å². The third-order valence-corrected chi connectivity index (χ3v) is 2.42. The Morgan fingerprint density at radius 1 is 1.18 bits per heavy atom. The Labute approximate surface area is 95.9 Å². The van der Waals surface area contributed by atoms with Gasteiger partial charge in [-0.05, 0) is 6.07 Å². The summed E-state index contributed by atoms with van der Waals surface area (Å²) in [4.78, 5) is 19.2. The zero-order valence-electron chi connectivity index (χ0n) is 8.75. The number of hydrogen-bond donors (Lipinski definition) is 3. The van der Waals surface area contributed by atoms with Crippen LogP contribution in [-0.4, -0.2) is 24.9 Å². The molecule has 3 aromatic rings. The fourth-order valence-corrected chi connectivity index (χ4v) is 1.60. The molecule has 17 heavy (non-hydrogen) atoms. The molecule has 0 unspecified atom stereocenters. The number of anilines is 2. The smallest absolute Gasteiger partial charge is 0.183 e. The first-order chi connectivity index (χ1) is 8.25. The van der Waals surface area contributed by atoms with Gasteiger partial charge in [0, 0.05) is 11.8 Å². The van der Waals surface area contributed by atoms with Gasteiger partial charge in [-0.25, -0.2) is 15.0 Å². The highest BCUT2D eigenvalue weighted by molar-refractivity contribution is 5.85. The van der Waals surface area contributed by atoms with Crippen molar-refractivity contribution >= 4 is 22.7 Å². The Hall–Kier alpha value is -2.70. The van der Waals surface area contributed by atoms with E-state index in [1.165, 1.54) is 6.33 Å². The molecule has 0 radical (unpaired) electrons. The van der Waals surface area contributed by atoms with Gasteiger partial charge in [0.2, 0.25) is 0 Å². The van der Waals surface area contributed by atoms with Crippen LogP contribution in [0.4, 0.5) is 11.5 Å². The normalized spacial score (nSPS) is 10.8. The van der Waals surface area contributed by atoms with Crippen LogP contribution >= 0.6 is 0 Å². The van der Waals surface area contributed by atoms with Crippen molar-refractivity contribution in [1.29, 1.82) is 0 Å². The van der Waals surface area contributed by atoms with E-state index in [9.17, 15) is 0 Å². The van der Waals surface area contributed by atoms with Crippen molar-refractivity contribution in [2.45, 2.75) is 0 Å². The number of nitrogens with two attached hydrogens (primary N) is 2. The summed E-state index contributed by atoms with van der Waals surface area (Å²) >= 11 is 0. The Kier molecular flexibility index (Phi) is 1.91. The number of fused-ring (bicyclic) bond motifs is 1. The molecular formula is C10H9N7. The van der Waals surface area contributed by atoms with E-state index in [1.54, 1.807) is 18.5 Å². The maximum absolute atomic E-state index is 5.82. The van der Waals surface area contributed by atoms with Crippen LogP contribution in [0.3, 0.4) is 0 Å². The molecule has 0 saturated carbocycles. The average Bonchev–Trinajstić information content (AvgIpc) is 2.75. The Morgan fingerprint density at radius 2 is 2.06 bits per heavy atom. The Balaban J connectivity index is 2.26. The van der Waals surface area contributed by atoms with Crippen LogP contribution in [0, 0.1) is 0 Å². The van der Waals surface area contributed by atoms with E-state index in [4.69, 9.17) is 11.5 Å². The second kappa shape index (κ2) is 3.41. The predicted molar refractivity (Wildman–Crippen MR) is 63.7 cm³/mol. The van der Waals surface area contributed by atoms with Gasteiger partial charge < -0.3 is 16.5 Å². The first-order valence-electron chi connectivity index (χ1n) is 4.92. The van der Waals surface area contributed by atoms with Crippen molar-refractivity contribution in [1.82, 2.24) is 24.9 Å². The van der Waals surface area contributed by atoms with Crippen LogP contribution in [0.15, 0.2) is 24.8 Å². The van der Waals surface area contributed by atoms with Crippen molar-refractivity contribution in [2.24, 2.45) is 0 Å². The van der Waals surface area contributed by atoms with Crippen LogP contribution in [0.25, 0.3) is 22.6 Å². The zero-order chi connectivity index (χ0) is 11.8. The van der Waals surface area contributed by atoms with E-state index >= 15 is 0 Å². The number of H-pyrrole nitrogens is 1. The predicted octanol–water partition coefficient (Wildman–Crippen LogP) is 0.579. The Bertz CT molecular complexity index is 688. The summed E-state index contributed by atoms with van der Waals surface area (Å²) in [5.41, 5.74) is 14.0. The highest BCUT2D eigenvalue weighted by Gasteiger charge is 2.10. The lowest BCUT2D eigenvalue weighted by atomic mass is 10.2. The standard InChI is InChI=1S/C10H9N7/c11-6-3-13-2-1-5(6)9-16-7-8(12)14-4-15-10(7)17-9/h1-4H,11H2,(H3,12,14,15,16,17). The largest absolute Gasteiger partial charge is 0.397 e. The number of aromatic nitrogens is 5. The number of nitrogen functional groups attached to an aromatic ring is 2. The summed E-state index contributed by atoms with van der Waals surface area (Å²) in [7, 11) is 0. The first kappa shape index (κ1) is 9.52. The van der Waals surface area contributed by atoms with Gasteiger partial charge in [0.25, 0.3) is 0 Å². The minimum absolute atomic E-state index is 0.362.